The molecule has 0 unspecified atom stereocenters. The van der Waals surface area contributed by atoms with E-state index in [4.69, 9.17) is 4.74 Å². The molecule has 3 aromatic carbocycles. The predicted molar refractivity (Wildman–Crippen MR) is 159 cm³/mol. The van der Waals surface area contributed by atoms with Crippen LogP contribution in [0.1, 0.15) is 44.3 Å². The Bertz CT molecular complexity index is 1630. The molecule has 8 nitrogen and oxygen atoms in total. The fraction of sp³-hybridized carbons (Fsp3) is 0.242. The minimum absolute atomic E-state index is 0.0453. The first-order valence-corrected chi connectivity index (χ1v) is 13.8. The molecule has 6 rings (SSSR count). The van der Waals surface area contributed by atoms with Gasteiger partial charge in [0, 0.05) is 55.0 Å². The summed E-state index contributed by atoms with van der Waals surface area (Å²) >= 11 is 0. The number of nitrogens with one attached hydrogen (secondary N) is 2. The first-order valence-electron chi connectivity index (χ1n) is 13.8. The number of hydrogen-bond acceptors (Lipinski definition) is 5. The van der Waals surface area contributed by atoms with Crippen molar-refractivity contribution in [2.45, 2.75) is 25.4 Å². The highest BCUT2D eigenvalue weighted by Crippen LogP contribution is 2.39. The summed E-state index contributed by atoms with van der Waals surface area (Å²) in [5, 5.41) is 6.04. The lowest BCUT2D eigenvalue weighted by Crippen LogP contribution is -2.47. The van der Waals surface area contributed by atoms with Crippen LogP contribution in [0.3, 0.4) is 0 Å². The van der Waals surface area contributed by atoms with Gasteiger partial charge in [-0.25, -0.2) is 0 Å². The first-order chi connectivity index (χ1) is 20.0. The molecule has 2 bridgehead atoms. The van der Waals surface area contributed by atoms with Gasteiger partial charge >= 0.3 is 0 Å². The van der Waals surface area contributed by atoms with Gasteiger partial charge in [-0.3, -0.25) is 14.4 Å². The van der Waals surface area contributed by atoms with Gasteiger partial charge in [0.25, 0.3) is 17.4 Å². The van der Waals surface area contributed by atoms with Crippen molar-refractivity contribution in [3.63, 3.8) is 0 Å². The zero-order valence-electron chi connectivity index (χ0n) is 22.9. The van der Waals surface area contributed by atoms with Gasteiger partial charge in [-0.2, -0.15) is 0 Å². The lowest BCUT2D eigenvalue weighted by molar-refractivity contribution is 0.0949. The molecule has 0 spiro atoms. The third kappa shape index (κ3) is 5.59. The molecular formula is C33H32N4O4. The van der Waals surface area contributed by atoms with Crippen LogP contribution < -0.4 is 25.8 Å². The van der Waals surface area contributed by atoms with Crippen molar-refractivity contribution in [3.8, 4) is 5.75 Å². The zero-order valence-corrected chi connectivity index (χ0v) is 22.9. The number of nitrogens with zero attached hydrogens (tertiary/aromatic N) is 2. The summed E-state index contributed by atoms with van der Waals surface area (Å²) in [5.41, 5.74) is 4.48. The van der Waals surface area contributed by atoms with E-state index >= 15 is 0 Å². The molecule has 2 atom stereocenters. The highest BCUT2D eigenvalue weighted by Gasteiger charge is 2.35. The van der Waals surface area contributed by atoms with Crippen molar-refractivity contribution >= 4 is 23.2 Å². The van der Waals surface area contributed by atoms with Gasteiger partial charge in [-0.1, -0.05) is 36.4 Å². The number of pyridine rings is 1. The normalized spacial score (nSPS) is 17.3. The van der Waals surface area contributed by atoms with Gasteiger partial charge in [0.1, 0.15) is 5.75 Å². The number of rotatable bonds is 7. The molecule has 1 fully saturated rings. The number of fused-ring (bicyclic) bond motifs is 4. The number of carbonyl (C=O) groups is 2. The highest BCUT2D eigenvalue weighted by atomic mass is 16.5. The topological polar surface area (TPSA) is 92.7 Å². The predicted octanol–water partition coefficient (Wildman–Crippen LogP) is 4.66. The molecule has 41 heavy (non-hydrogen) atoms. The van der Waals surface area contributed by atoms with E-state index in [1.807, 2.05) is 59.2 Å². The summed E-state index contributed by atoms with van der Waals surface area (Å²) in [7, 11) is 1.58. The summed E-state index contributed by atoms with van der Waals surface area (Å²) in [5.74, 6) is 0.684. The number of aromatic nitrogens is 1. The molecule has 1 saturated heterocycles. The highest BCUT2D eigenvalue weighted by molar-refractivity contribution is 6.07. The van der Waals surface area contributed by atoms with Crippen LogP contribution in [0.15, 0.2) is 95.8 Å². The lowest BCUT2D eigenvalue weighted by Gasteiger charge is -2.44. The van der Waals surface area contributed by atoms with Gasteiger partial charge in [0.2, 0.25) is 0 Å². The van der Waals surface area contributed by atoms with E-state index in [0.717, 1.165) is 29.9 Å². The molecule has 1 aromatic heterocycles. The second-order valence-corrected chi connectivity index (χ2v) is 10.7. The van der Waals surface area contributed by atoms with Crippen molar-refractivity contribution in [2.24, 2.45) is 5.92 Å². The lowest BCUT2D eigenvalue weighted by atomic mass is 9.83. The largest absolute Gasteiger partial charge is 0.497 e. The second kappa shape index (κ2) is 11.3. The minimum Gasteiger partial charge on any atom is -0.497 e. The van der Waals surface area contributed by atoms with E-state index in [9.17, 15) is 14.4 Å². The van der Waals surface area contributed by atoms with E-state index < -0.39 is 0 Å². The smallest absolute Gasteiger partial charge is 0.255 e. The maximum absolute atomic E-state index is 13.3. The van der Waals surface area contributed by atoms with Crippen LogP contribution in [0.2, 0.25) is 0 Å². The van der Waals surface area contributed by atoms with Gasteiger partial charge in [-0.05, 0) is 66.4 Å². The molecule has 2 aliphatic rings. The number of anilines is 2. The third-order valence-corrected chi connectivity index (χ3v) is 7.98. The summed E-state index contributed by atoms with van der Waals surface area (Å²) in [6, 6.07) is 27.6. The number of benzene rings is 3. The summed E-state index contributed by atoms with van der Waals surface area (Å²) in [6.07, 6.45) is 1.02. The second-order valence-electron chi connectivity index (χ2n) is 10.7. The molecule has 0 radical (unpaired) electrons. The molecule has 0 aliphatic carbocycles. The molecule has 0 saturated carbocycles. The van der Waals surface area contributed by atoms with Crippen LogP contribution in [0.4, 0.5) is 11.4 Å². The van der Waals surface area contributed by atoms with Gasteiger partial charge < -0.3 is 24.8 Å². The first kappa shape index (κ1) is 26.4. The molecule has 208 valence electrons. The average molecular weight is 549 g/mol. The molecule has 2 amide bonds. The molecule has 3 heterocycles. The number of ether oxygens (including phenoxy) is 1. The standard InChI is InChI=1S/C33H32N4O4/c1-41-27-13-10-24(11-14-27)33(40)35-28-17-25(32(39)34-18-22-6-3-2-4-7-22)12-15-30(28)36-19-23-16-26(21-36)29-8-5-9-31(38)37(29)20-23/h2-15,17,23,26H,16,18-21H2,1H3,(H,34,39)(H,35,40)/t23-,26+/m1/s1. The molecule has 2 aliphatic heterocycles. The van der Waals surface area contributed by atoms with E-state index in [1.54, 1.807) is 43.5 Å². The van der Waals surface area contributed by atoms with Crippen LogP contribution in [-0.4, -0.2) is 36.6 Å². The zero-order chi connectivity index (χ0) is 28.3. The van der Waals surface area contributed by atoms with Crippen molar-refractivity contribution in [1.82, 2.24) is 9.88 Å². The van der Waals surface area contributed by atoms with Crippen molar-refractivity contribution < 1.29 is 14.3 Å². The Hall–Kier alpha value is -4.85. The molecular weight excluding hydrogens is 516 g/mol. The van der Waals surface area contributed by atoms with E-state index in [2.05, 4.69) is 15.5 Å². The average Bonchev–Trinajstić information content (AvgIpc) is 3.01. The fourth-order valence-corrected chi connectivity index (χ4v) is 5.96. The van der Waals surface area contributed by atoms with Crippen LogP contribution >= 0.6 is 0 Å². The Kier molecular flexibility index (Phi) is 7.29. The Balaban J connectivity index is 1.29. The Labute approximate surface area is 238 Å². The molecule has 8 heteroatoms. The molecule has 2 N–H and O–H groups in total. The van der Waals surface area contributed by atoms with Crippen LogP contribution in [0.25, 0.3) is 0 Å². The number of amides is 2. The minimum atomic E-state index is -0.273. The van der Waals surface area contributed by atoms with Gasteiger partial charge in [0.05, 0.1) is 18.5 Å². The van der Waals surface area contributed by atoms with Crippen LogP contribution in [0, 0.1) is 5.92 Å². The SMILES string of the molecule is COc1ccc(C(=O)Nc2cc(C(=O)NCc3ccccc3)ccc2N2C[C@H]3C[C@@H](C2)c2cccc(=O)n2C3)cc1. The monoisotopic (exact) mass is 548 g/mol. The van der Waals surface area contributed by atoms with Crippen LogP contribution in [-0.2, 0) is 13.1 Å². The number of carbonyl (C=O) groups excluding carboxylic acids is 2. The van der Waals surface area contributed by atoms with Crippen molar-refractivity contribution in [3.05, 3.63) is 124 Å². The molecule has 4 aromatic rings. The maximum atomic E-state index is 13.3. The number of methoxy groups -OCH3 is 1. The summed E-state index contributed by atoms with van der Waals surface area (Å²) in [6.45, 7) is 2.55. The van der Waals surface area contributed by atoms with Gasteiger partial charge in [0.15, 0.2) is 0 Å². The third-order valence-electron chi connectivity index (χ3n) is 7.98. The summed E-state index contributed by atoms with van der Waals surface area (Å²) in [4.78, 5) is 41.2. The summed E-state index contributed by atoms with van der Waals surface area (Å²) < 4.78 is 7.13. The Morgan fingerprint density at radius 3 is 2.41 bits per heavy atom. The number of piperidine rings is 1. The van der Waals surface area contributed by atoms with Crippen LogP contribution in [0.5, 0.6) is 5.75 Å². The van der Waals surface area contributed by atoms with E-state index in [-0.39, 0.29) is 23.3 Å². The number of hydrogen-bond donors (Lipinski definition) is 2. The van der Waals surface area contributed by atoms with E-state index in [0.29, 0.717) is 48.1 Å². The fourth-order valence-electron chi connectivity index (χ4n) is 5.96. The van der Waals surface area contributed by atoms with Crippen molar-refractivity contribution in [1.29, 1.82) is 0 Å². The van der Waals surface area contributed by atoms with E-state index in [1.165, 1.54) is 0 Å². The van der Waals surface area contributed by atoms with Crippen molar-refractivity contribution in [2.75, 3.05) is 30.4 Å². The van der Waals surface area contributed by atoms with Gasteiger partial charge in [-0.15, -0.1) is 0 Å². The Morgan fingerprint density at radius 2 is 1.63 bits per heavy atom. The maximum Gasteiger partial charge on any atom is 0.255 e. The Morgan fingerprint density at radius 1 is 0.854 bits per heavy atom. The quantitative estimate of drug-likeness (QED) is 0.350.